The van der Waals surface area contributed by atoms with Gasteiger partial charge in [0.1, 0.15) is 9.88 Å². The van der Waals surface area contributed by atoms with Gasteiger partial charge >= 0.3 is 11.9 Å². The maximum Gasteiger partial charge on any atom is 0.348 e. The molecule has 0 radical (unpaired) electrons. The molecule has 6 nitrogen and oxygen atoms in total. The lowest BCUT2D eigenvalue weighted by Crippen LogP contribution is -2.29. The third kappa shape index (κ3) is 2.73. The Kier molecular flexibility index (Phi) is 4.52. The van der Waals surface area contributed by atoms with Crippen molar-refractivity contribution in [2.24, 2.45) is 10.9 Å². The highest BCUT2D eigenvalue weighted by molar-refractivity contribution is 7.18. The van der Waals surface area contributed by atoms with E-state index in [1.165, 1.54) is 6.21 Å². The number of thiophene rings is 1. The van der Waals surface area contributed by atoms with Gasteiger partial charge in [-0.3, -0.25) is 9.59 Å². The molecule has 0 amide bonds. The molecule has 1 unspecified atom stereocenters. The highest BCUT2D eigenvalue weighted by atomic mass is 32.1. The number of carbonyl (C=O) groups excluding carboxylic acids is 3. The van der Waals surface area contributed by atoms with Crippen LogP contribution in [0.4, 0.5) is 5.00 Å². The van der Waals surface area contributed by atoms with E-state index in [1.807, 2.05) is 0 Å². The van der Waals surface area contributed by atoms with E-state index in [9.17, 15) is 14.4 Å². The summed E-state index contributed by atoms with van der Waals surface area (Å²) in [5.74, 6) is -2.53. The molecule has 0 fully saturated rings. The van der Waals surface area contributed by atoms with Gasteiger partial charge in [0.15, 0.2) is 11.7 Å². The third-order valence-electron chi connectivity index (χ3n) is 3.00. The van der Waals surface area contributed by atoms with Crippen molar-refractivity contribution in [1.29, 1.82) is 0 Å². The van der Waals surface area contributed by atoms with Crippen molar-refractivity contribution in [1.82, 2.24) is 0 Å². The monoisotopic (exact) mass is 309 g/mol. The predicted molar refractivity (Wildman–Crippen MR) is 77.6 cm³/mol. The summed E-state index contributed by atoms with van der Waals surface area (Å²) in [4.78, 5) is 40.5. The van der Waals surface area contributed by atoms with E-state index >= 15 is 0 Å². The van der Waals surface area contributed by atoms with Gasteiger partial charge in [0.05, 0.1) is 18.8 Å². The number of ketones is 1. The van der Waals surface area contributed by atoms with Gasteiger partial charge in [-0.1, -0.05) is 0 Å². The summed E-state index contributed by atoms with van der Waals surface area (Å²) < 4.78 is 9.81. The summed E-state index contributed by atoms with van der Waals surface area (Å²) in [5.41, 5.74) is 0.813. The zero-order chi connectivity index (χ0) is 15.6. The van der Waals surface area contributed by atoms with Gasteiger partial charge in [0, 0.05) is 6.21 Å². The Hall–Kier alpha value is -2.02. The largest absolute Gasteiger partial charge is 0.465 e. The number of esters is 2. The maximum atomic E-state index is 12.4. The summed E-state index contributed by atoms with van der Waals surface area (Å²) in [6.45, 7) is 5.48. The van der Waals surface area contributed by atoms with Crippen LogP contribution in [-0.2, 0) is 14.3 Å². The first-order chi connectivity index (χ1) is 10.0. The molecular weight excluding hydrogens is 294 g/mol. The van der Waals surface area contributed by atoms with Crippen molar-refractivity contribution in [2.75, 3.05) is 13.2 Å². The fourth-order valence-electron chi connectivity index (χ4n) is 2.04. The van der Waals surface area contributed by atoms with E-state index in [2.05, 4.69) is 4.99 Å². The van der Waals surface area contributed by atoms with E-state index in [1.54, 1.807) is 20.8 Å². The van der Waals surface area contributed by atoms with Crippen LogP contribution in [0.3, 0.4) is 0 Å². The molecule has 112 valence electrons. The fraction of sp³-hybridized carbons (Fsp3) is 0.429. The predicted octanol–water partition coefficient (Wildman–Crippen LogP) is 2.31. The number of carbonyl (C=O) groups is 3. The normalized spacial score (nSPS) is 16.5. The summed E-state index contributed by atoms with van der Waals surface area (Å²) in [5, 5.41) is 0.432. The number of aliphatic imine (C=N–C) groups is 1. The van der Waals surface area contributed by atoms with E-state index in [-0.39, 0.29) is 19.0 Å². The van der Waals surface area contributed by atoms with Crippen LogP contribution in [0.1, 0.15) is 39.4 Å². The molecule has 0 N–H and O–H groups in total. The Morgan fingerprint density at radius 2 is 1.95 bits per heavy atom. The second kappa shape index (κ2) is 6.17. The van der Waals surface area contributed by atoms with Crippen LogP contribution < -0.4 is 0 Å². The van der Waals surface area contributed by atoms with Crippen molar-refractivity contribution < 1.29 is 23.9 Å². The number of hydrogen-bond acceptors (Lipinski definition) is 7. The van der Waals surface area contributed by atoms with Gasteiger partial charge in [0.25, 0.3) is 0 Å². The molecule has 1 aromatic heterocycles. The molecule has 7 heteroatoms. The summed E-state index contributed by atoms with van der Waals surface area (Å²) in [6, 6.07) is 0. The van der Waals surface area contributed by atoms with Crippen molar-refractivity contribution in [3.63, 3.8) is 0 Å². The quantitative estimate of drug-likeness (QED) is 0.629. The Labute approximate surface area is 125 Å². The molecule has 2 rings (SSSR count). The number of hydrogen-bond donors (Lipinski definition) is 0. The van der Waals surface area contributed by atoms with E-state index < -0.39 is 17.9 Å². The Morgan fingerprint density at radius 1 is 1.29 bits per heavy atom. The SMILES string of the molecule is CCOC(=O)c1sc2c(c1C)C(=O)C(C(=O)OCC)C=N2. The van der Waals surface area contributed by atoms with Crippen LogP contribution in [0.2, 0.25) is 0 Å². The van der Waals surface area contributed by atoms with Crippen LogP contribution in [0, 0.1) is 12.8 Å². The zero-order valence-corrected chi connectivity index (χ0v) is 12.8. The summed E-state index contributed by atoms with van der Waals surface area (Å²) >= 11 is 1.10. The zero-order valence-electron chi connectivity index (χ0n) is 12.0. The van der Waals surface area contributed by atoms with E-state index in [4.69, 9.17) is 9.47 Å². The lowest BCUT2D eigenvalue weighted by atomic mass is 9.95. The lowest BCUT2D eigenvalue weighted by Gasteiger charge is -2.14. The van der Waals surface area contributed by atoms with E-state index in [0.29, 0.717) is 21.0 Å². The Morgan fingerprint density at radius 3 is 2.57 bits per heavy atom. The minimum absolute atomic E-state index is 0.194. The van der Waals surface area contributed by atoms with Crippen LogP contribution in [0.5, 0.6) is 0 Å². The van der Waals surface area contributed by atoms with Gasteiger partial charge in [-0.2, -0.15) is 0 Å². The van der Waals surface area contributed by atoms with Gasteiger partial charge in [-0.25, -0.2) is 9.79 Å². The first kappa shape index (κ1) is 15.4. The molecule has 21 heavy (non-hydrogen) atoms. The first-order valence-electron chi connectivity index (χ1n) is 6.56. The number of nitrogens with zero attached hydrogens (tertiary/aromatic N) is 1. The summed E-state index contributed by atoms with van der Waals surface area (Å²) in [7, 11) is 0. The molecule has 0 spiro atoms. The van der Waals surface area contributed by atoms with Gasteiger partial charge in [0.2, 0.25) is 0 Å². The van der Waals surface area contributed by atoms with Crippen molar-refractivity contribution in [3.8, 4) is 0 Å². The third-order valence-corrected chi connectivity index (χ3v) is 4.18. The smallest absolute Gasteiger partial charge is 0.348 e. The number of rotatable bonds is 4. The Bertz CT molecular complexity index is 632. The number of Topliss-reactive ketones (excluding diaryl/α,β-unsaturated/α-hetero) is 1. The molecule has 0 aromatic carbocycles. The molecule has 0 saturated heterocycles. The lowest BCUT2D eigenvalue weighted by molar-refractivity contribution is -0.144. The highest BCUT2D eigenvalue weighted by Crippen LogP contribution is 2.39. The molecule has 2 heterocycles. The molecule has 0 bridgehead atoms. The number of fused-ring (bicyclic) bond motifs is 1. The number of ether oxygens (including phenoxy) is 2. The fourth-order valence-corrected chi connectivity index (χ4v) is 3.10. The minimum Gasteiger partial charge on any atom is -0.465 e. The van der Waals surface area contributed by atoms with Crippen LogP contribution >= 0.6 is 11.3 Å². The highest BCUT2D eigenvalue weighted by Gasteiger charge is 2.36. The topological polar surface area (TPSA) is 82.0 Å². The molecule has 1 aliphatic rings. The second-order valence-electron chi connectivity index (χ2n) is 4.33. The molecule has 0 saturated carbocycles. The van der Waals surface area contributed by atoms with Crippen molar-refractivity contribution >= 4 is 40.3 Å². The molecular formula is C14H15NO5S. The van der Waals surface area contributed by atoms with Gasteiger partial charge in [-0.05, 0) is 26.3 Å². The second-order valence-corrected chi connectivity index (χ2v) is 5.33. The van der Waals surface area contributed by atoms with Crippen molar-refractivity contribution in [2.45, 2.75) is 20.8 Å². The van der Waals surface area contributed by atoms with Crippen LogP contribution in [-0.4, -0.2) is 37.2 Å². The van der Waals surface area contributed by atoms with Gasteiger partial charge < -0.3 is 9.47 Å². The summed E-state index contributed by atoms with van der Waals surface area (Å²) in [6.07, 6.45) is 1.27. The average Bonchev–Trinajstić information content (AvgIpc) is 2.78. The Balaban J connectivity index is 2.37. The first-order valence-corrected chi connectivity index (χ1v) is 7.38. The minimum atomic E-state index is -1.04. The molecule has 1 atom stereocenters. The molecule has 1 aliphatic heterocycles. The van der Waals surface area contributed by atoms with Crippen LogP contribution in [0.25, 0.3) is 0 Å². The van der Waals surface area contributed by atoms with E-state index in [0.717, 1.165) is 11.3 Å². The average molecular weight is 309 g/mol. The van der Waals surface area contributed by atoms with Crippen molar-refractivity contribution in [3.05, 3.63) is 16.0 Å². The molecule has 1 aromatic rings. The maximum absolute atomic E-state index is 12.4. The molecule has 0 aliphatic carbocycles. The van der Waals surface area contributed by atoms with Crippen LogP contribution in [0.15, 0.2) is 4.99 Å². The van der Waals surface area contributed by atoms with Gasteiger partial charge in [-0.15, -0.1) is 11.3 Å². The standard InChI is InChI=1S/C14H15NO5S/c1-4-19-13(17)8-6-15-12-9(10(8)16)7(3)11(21-12)14(18)20-5-2/h6,8H,4-5H2,1-3H3.